The van der Waals surface area contributed by atoms with Crippen molar-refractivity contribution < 1.29 is 19.0 Å². The molecule has 1 heterocycles. The molecule has 0 fully saturated rings. The van der Waals surface area contributed by atoms with Crippen molar-refractivity contribution in [2.45, 2.75) is 0 Å². The third kappa shape index (κ3) is 5.49. The monoisotopic (exact) mass is 374 g/mol. The molecular formula is C19H26N4O4. The van der Waals surface area contributed by atoms with Gasteiger partial charge in [-0.15, -0.1) is 0 Å². The highest BCUT2D eigenvalue weighted by Gasteiger charge is 2.15. The minimum absolute atomic E-state index is 0.262. The smallest absolute Gasteiger partial charge is 0.255 e. The number of pyridine rings is 1. The van der Waals surface area contributed by atoms with Crippen molar-refractivity contribution in [2.75, 3.05) is 59.1 Å². The molecule has 1 aromatic carbocycles. The van der Waals surface area contributed by atoms with E-state index >= 15 is 0 Å². The van der Waals surface area contributed by atoms with Gasteiger partial charge in [-0.3, -0.25) is 4.79 Å². The van der Waals surface area contributed by atoms with Crippen LogP contribution in [0.2, 0.25) is 0 Å². The molecular weight excluding hydrogens is 348 g/mol. The minimum Gasteiger partial charge on any atom is -0.493 e. The van der Waals surface area contributed by atoms with Gasteiger partial charge < -0.3 is 29.7 Å². The summed E-state index contributed by atoms with van der Waals surface area (Å²) < 4.78 is 15.9. The fraction of sp³-hybridized carbons (Fsp3) is 0.368. The Hall–Kier alpha value is -3.00. The number of methoxy groups -OCH3 is 3. The van der Waals surface area contributed by atoms with Crippen LogP contribution in [0.5, 0.6) is 17.2 Å². The summed E-state index contributed by atoms with van der Waals surface area (Å²) in [5.74, 6) is 1.78. The maximum atomic E-state index is 12.6. The third-order valence-corrected chi connectivity index (χ3v) is 3.81. The van der Waals surface area contributed by atoms with E-state index < -0.39 is 0 Å². The van der Waals surface area contributed by atoms with E-state index in [4.69, 9.17) is 14.2 Å². The zero-order valence-electron chi connectivity index (χ0n) is 16.3. The second-order valence-electron chi connectivity index (χ2n) is 6.03. The highest BCUT2D eigenvalue weighted by atomic mass is 16.5. The average molecular weight is 374 g/mol. The Kier molecular flexibility index (Phi) is 7.25. The number of ether oxygens (including phenoxy) is 3. The standard InChI is InChI=1S/C19H26N4O4/c1-23(2)9-8-21-17-10-13(6-7-20-17)19(24)22-14-11-15(25-3)18(27-5)16(12-14)26-4/h6-7,10-12H,8-9H2,1-5H3,(H,20,21)(H,22,24). The summed E-state index contributed by atoms with van der Waals surface area (Å²) in [6.45, 7) is 1.60. The first-order chi connectivity index (χ1) is 13.0. The molecule has 8 nitrogen and oxygen atoms in total. The summed E-state index contributed by atoms with van der Waals surface area (Å²) in [5.41, 5.74) is 1.03. The van der Waals surface area contributed by atoms with Gasteiger partial charge in [-0.2, -0.15) is 0 Å². The number of carbonyl (C=O) groups excluding carboxylic acids is 1. The van der Waals surface area contributed by atoms with Gasteiger partial charge in [-0.25, -0.2) is 4.98 Å². The van der Waals surface area contributed by atoms with Crippen LogP contribution < -0.4 is 24.8 Å². The van der Waals surface area contributed by atoms with E-state index in [2.05, 4.69) is 20.5 Å². The molecule has 146 valence electrons. The zero-order chi connectivity index (χ0) is 19.8. The molecule has 8 heteroatoms. The summed E-state index contributed by atoms with van der Waals surface area (Å²) in [4.78, 5) is 18.9. The van der Waals surface area contributed by atoms with Gasteiger partial charge in [0.05, 0.1) is 21.3 Å². The highest BCUT2D eigenvalue weighted by Crippen LogP contribution is 2.40. The summed E-state index contributed by atoms with van der Waals surface area (Å²) in [6, 6.07) is 6.72. The first-order valence-corrected chi connectivity index (χ1v) is 8.44. The van der Waals surface area contributed by atoms with Crippen molar-refractivity contribution in [1.29, 1.82) is 0 Å². The predicted molar refractivity (Wildman–Crippen MR) is 105 cm³/mol. The summed E-state index contributed by atoms with van der Waals surface area (Å²) >= 11 is 0. The van der Waals surface area contributed by atoms with Crippen molar-refractivity contribution in [1.82, 2.24) is 9.88 Å². The van der Waals surface area contributed by atoms with Crippen LogP contribution in [0.1, 0.15) is 10.4 Å². The SMILES string of the molecule is COc1cc(NC(=O)c2ccnc(NCCN(C)C)c2)cc(OC)c1OC. The van der Waals surface area contributed by atoms with Crippen molar-refractivity contribution in [3.8, 4) is 17.2 Å². The van der Waals surface area contributed by atoms with Crippen molar-refractivity contribution in [3.05, 3.63) is 36.0 Å². The van der Waals surface area contributed by atoms with Gasteiger partial charge in [0.15, 0.2) is 11.5 Å². The number of nitrogens with zero attached hydrogens (tertiary/aromatic N) is 2. The van der Waals surface area contributed by atoms with Crippen LogP contribution in [0.3, 0.4) is 0 Å². The number of anilines is 2. The van der Waals surface area contributed by atoms with E-state index in [0.717, 1.165) is 13.1 Å². The van der Waals surface area contributed by atoms with Crippen LogP contribution in [0, 0.1) is 0 Å². The van der Waals surface area contributed by atoms with Crippen molar-refractivity contribution in [3.63, 3.8) is 0 Å². The van der Waals surface area contributed by atoms with E-state index in [9.17, 15) is 4.79 Å². The molecule has 0 bridgehead atoms. The van der Waals surface area contributed by atoms with Gasteiger partial charge in [0.2, 0.25) is 5.75 Å². The van der Waals surface area contributed by atoms with E-state index in [1.54, 1.807) is 30.5 Å². The highest BCUT2D eigenvalue weighted by molar-refractivity contribution is 6.04. The number of likely N-dealkylation sites (N-methyl/N-ethyl adjacent to an activating group) is 1. The summed E-state index contributed by atoms with van der Waals surface area (Å²) in [6.07, 6.45) is 1.60. The molecule has 0 radical (unpaired) electrons. The lowest BCUT2D eigenvalue weighted by molar-refractivity contribution is 0.102. The molecule has 1 amide bonds. The summed E-state index contributed by atoms with van der Waals surface area (Å²) in [5, 5.41) is 6.04. The van der Waals surface area contributed by atoms with Crippen molar-refractivity contribution in [2.24, 2.45) is 0 Å². The zero-order valence-corrected chi connectivity index (χ0v) is 16.3. The molecule has 0 aliphatic carbocycles. The topological polar surface area (TPSA) is 85.0 Å². The fourth-order valence-electron chi connectivity index (χ4n) is 2.43. The number of aromatic nitrogens is 1. The molecule has 2 aromatic rings. The molecule has 0 aliphatic heterocycles. The molecule has 27 heavy (non-hydrogen) atoms. The second-order valence-corrected chi connectivity index (χ2v) is 6.03. The van der Waals surface area contributed by atoms with Crippen LogP contribution in [0.4, 0.5) is 11.5 Å². The second kappa shape index (κ2) is 9.63. The van der Waals surface area contributed by atoms with Gasteiger partial charge in [0.25, 0.3) is 5.91 Å². The number of benzene rings is 1. The molecule has 0 aliphatic rings. The Bertz CT molecular complexity index is 755. The molecule has 0 atom stereocenters. The van der Waals surface area contributed by atoms with Crippen LogP contribution in [-0.2, 0) is 0 Å². The maximum absolute atomic E-state index is 12.6. The lowest BCUT2D eigenvalue weighted by Gasteiger charge is -2.15. The Morgan fingerprint density at radius 2 is 1.74 bits per heavy atom. The Balaban J connectivity index is 2.15. The molecule has 0 saturated carbocycles. The van der Waals surface area contributed by atoms with Gasteiger partial charge in [0, 0.05) is 42.7 Å². The lowest BCUT2D eigenvalue weighted by Crippen LogP contribution is -2.21. The van der Waals surface area contributed by atoms with E-state index in [1.807, 2.05) is 14.1 Å². The van der Waals surface area contributed by atoms with E-state index in [0.29, 0.717) is 34.3 Å². The maximum Gasteiger partial charge on any atom is 0.255 e. The van der Waals surface area contributed by atoms with Crippen molar-refractivity contribution >= 4 is 17.4 Å². The van der Waals surface area contributed by atoms with Crippen LogP contribution in [-0.4, -0.2) is 64.3 Å². The van der Waals surface area contributed by atoms with Crippen LogP contribution in [0.25, 0.3) is 0 Å². The van der Waals surface area contributed by atoms with E-state index in [1.165, 1.54) is 21.3 Å². The molecule has 2 N–H and O–H groups in total. The first-order valence-electron chi connectivity index (χ1n) is 8.44. The normalized spacial score (nSPS) is 10.4. The number of hydrogen-bond acceptors (Lipinski definition) is 7. The Morgan fingerprint density at radius 3 is 2.30 bits per heavy atom. The molecule has 2 rings (SSSR count). The van der Waals surface area contributed by atoms with Crippen LogP contribution in [0.15, 0.2) is 30.5 Å². The number of rotatable bonds is 9. The number of carbonyl (C=O) groups is 1. The third-order valence-electron chi connectivity index (χ3n) is 3.81. The quantitative estimate of drug-likeness (QED) is 0.697. The fourth-order valence-corrected chi connectivity index (χ4v) is 2.43. The first kappa shape index (κ1) is 20.3. The van der Waals surface area contributed by atoms with Gasteiger partial charge in [-0.1, -0.05) is 0 Å². The van der Waals surface area contributed by atoms with Crippen LogP contribution >= 0.6 is 0 Å². The minimum atomic E-state index is -0.262. The van der Waals surface area contributed by atoms with Gasteiger partial charge in [0.1, 0.15) is 5.82 Å². The largest absolute Gasteiger partial charge is 0.493 e. The van der Waals surface area contributed by atoms with Gasteiger partial charge >= 0.3 is 0 Å². The average Bonchev–Trinajstić information content (AvgIpc) is 2.67. The molecule has 0 saturated heterocycles. The summed E-state index contributed by atoms with van der Waals surface area (Å²) in [7, 11) is 8.57. The Morgan fingerprint density at radius 1 is 1.07 bits per heavy atom. The molecule has 0 spiro atoms. The predicted octanol–water partition coefficient (Wildman–Crippen LogP) is 2.33. The molecule has 0 unspecified atom stereocenters. The van der Waals surface area contributed by atoms with Gasteiger partial charge in [-0.05, 0) is 26.2 Å². The number of nitrogens with one attached hydrogen (secondary N) is 2. The number of hydrogen-bond donors (Lipinski definition) is 2. The Labute approximate surface area is 159 Å². The number of amides is 1. The molecule has 1 aromatic heterocycles. The lowest BCUT2D eigenvalue weighted by atomic mass is 10.2. The van der Waals surface area contributed by atoms with E-state index in [-0.39, 0.29) is 5.91 Å².